The van der Waals surface area contributed by atoms with Gasteiger partial charge in [0.25, 0.3) is 5.91 Å². The molecule has 7 nitrogen and oxygen atoms in total. The van der Waals surface area contributed by atoms with Crippen LogP contribution in [0.5, 0.6) is 0 Å². The maximum Gasteiger partial charge on any atom is 0.334 e. The van der Waals surface area contributed by atoms with Gasteiger partial charge < -0.3 is 19.2 Å². The van der Waals surface area contributed by atoms with Crippen LogP contribution < -0.4 is 0 Å². The van der Waals surface area contributed by atoms with E-state index in [1.165, 1.54) is 4.90 Å². The second-order valence-corrected chi connectivity index (χ2v) is 4.10. The maximum absolute atomic E-state index is 12.1. The Bertz CT molecular complexity index is 482. The quantitative estimate of drug-likeness (QED) is 0.811. The van der Waals surface area contributed by atoms with Gasteiger partial charge in [0.15, 0.2) is 12.0 Å². The molecule has 98 valence electrons. The van der Waals surface area contributed by atoms with E-state index in [4.69, 9.17) is 14.3 Å². The summed E-state index contributed by atoms with van der Waals surface area (Å²) in [5.41, 5.74) is 0.510. The van der Waals surface area contributed by atoms with Gasteiger partial charge in [-0.25, -0.2) is 9.78 Å². The summed E-state index contributed by atoms with van der Waals surface area (Å²) in [6.07, 6.45) is -0.980. The molecular weight excluding hydrogens is 240 g/mol. The number of rotatable bonds is 2. The van der Waals surface area contributed by atoms with Crippen molar-refractivity contribution in [2.75, 3.05) is 19.7 Å². The fourth-order valence-corrected chi connectivity index (χ4v) is 1.86. The summed E-state index contributed by atoms with van der Waals surface area (Å²) in [5.74, 6) is -0.835. The summed E-state index contributed by atoms with van der Waals surface area (Å²) in [6.45, 7) is 3.91. The standard InChI is InChI=1S/C11H14N2O5/c1-6-9(18-7(2)12-6)10(14)13-3-4-17-8(5-13)11(15)16/h8H,3-5H2,1-2H3,(H,15,16). The molecule has 2 heterocycles. The van der Waals surface area contributed by atoms with Gasteiger partial charge in [0.1, 0.15) is 0 Å². The Hall–Kier alpha value is -1.89. The van der Waals surface area contributed by atoms with Gasteiger partial charge >= 0.3 is 5.97 Å². The highest BCUT2D eigenvalue weighted by Crippen LogP contribution is 2.15. The van der Waals surface area contributed by atoms with Gasteiger partial charge in [0.05, 0.1) is 18.8 Å². The van der Waals surface area contributed by atoms with Crippen LogP contribution in [-0.4, -0.2) is 52.7 Å². The van der Waals surface area contributed by atoms with Gasteiger partial charge in [-0.3, -0.25) is 4.79 Å². The van der Waals surface area contributed by atoms with E-state index in [-0.39, 0.29) is 24.8 Å². The van der Waals surface area contributed by atoms with E-state index >= 15 is 0 Å². The number of morpholine rings is 1. The van der Waals surface area contributed by atoms with E-state index in [2.05, 4.69) is 4.98 Å². The SMILES string of the molecule is Cc1nc(C)c(C(=O)N2CCOC(C(=O)O)C2)o1. The van der Waals surface area contributed by atoms with Crippen LogP contribution in [0.4, 0.5) is 0 Å². The number of carbonyl (C=O) groups is 2. The molecule has 1 aromatic heterocycles. The lowest BCUT2D eigenvalue weighted by Crippen LogP contribution is -2.48. The number of hydrogen-bond acceptors (Lipinski definition) is 5. The first kappa shape index (κ1) is 12.6. The minimum atomic E-state index is -1.07. The lowest BCUT2D eigenvalue weighted by Gasteiger charge is -2.30. The van der Waals surface area contributed by atoms with Crippen molar-refractivity contribution in [3.8, 4) is 0 Å². The molecule has 0 bridgehead atoms. The van der Waals surface area contributed by atoms with Gasteiger partial charge in [-0.05, 0) is 6.92 Å². The van der Waals surface area contributed by atoms with Crippen molar-refractivity contribution in [1.29, 1.82) is 0 Å². The molecule has 7 heteroatoms. The number of aromatic nitrogens is 1. The zero-order chi connectivity index (χ0) is 13.3. The molecular formula is C11H14N2O5. The van der Waals surface area contributed by atoms with E-state index in [9.17, 15) is 9.59 Å². The fourth-order valence-electron chi connectivity index (χ4n) is 1.86. The molecule has 0 radical (unpaired) electrons. The molecule has 1 unspecified atom stereocenters. The zero-order valence-corrected chi connectivity index (χ0v) is 10.2. The predicted molar refractivity (Wildman–Crippen MR) is 59.3 cm³/mol. The summed E-state index contributed by atoms with van der Waals surface area (Å²) in [5, 5.41) is 8.87. The highest BCUT2D eigenvalue weighted by Gasteiger charge is 2.31. The van der Waals surface area contributed by atoms with E-state index in [0.717, 1.165) is 0 Å². The molecule has 1 N–H and O–H groups in total. The highest BCUT2D eigenvalue weighted by molar-refractivity contribution is 5.93. The molecule has 1 amide bonds. The average Bonchev–Trinajstić information content (AvgIpc) is 2.67. The number of carboxylic acid groups (broad SMARTS) is 1. The summed E-state index contributed by atoms with van der Waals surface area (Å²) in [6, 6.07) is 0. The number of carboxylic acids is 1. The van der Waals surface area contributed by atoms with E-state index in [0.29, 0.717) is 18.1 Å². The van der Waals surface area contributed by atoms with Crippen molar-refractivity contribution in [2.45, 2.75) is 20.0 Å². The third-order valence-electron chi connectivity index (χ3n) is 2.73. The van der Waals surface area contributed by atoms with Crippen LogP contribution in [0.25, 0.3) is 0 Å². The summed E-state index contributed by atoms with van der Waals surface area (Å²) >= 11 is 0. The van der Waals surface area contributed by atoms with Gasteiger partial charge in [-0.15, -0.1) is 0 Å². The van der Waals surface area contributed by atoms with E-state index in [1.54, 1.807) is 13.8 Å². The largest absolute Gasteiger partial charge is 0.479 e. The summed E-state index contributed by atoms with van der Waals surface area (Å²) in [4.78, 5) is 28.4. The van der Waals surface area contributed by atoms with Gasteiger partial charge in [0, 0.05) is 13.5 Å². The van der Waals surface area contributed by atoms with E-state index in [1.807, 2.05) is 0 Å². The average molecular weight is 254 g/mol. The summed E-state index contributed by atoms with van der Waals surface area (Å²) in [7, 11) is 0. The number of oxazole rings is 1. The minimum Gasteiger partial charge on any atom is -0.479 e. The third kappa shape index (κ3) is 2.35. The van der Waals surface area contributed by atoms with Crippen molar-refractivity contribution < 1.29 is 23.8 Å². The third-order valence-corrected chi connectivity index (χ3v) is 2.73. The number of carbonyl (C=O) groups excluding carboxylic acids is 1. The Kier molecular flexibility index (Phi) is 3.33. The Morgan fingerprint density at radius 3 is 2.72 bits per heavy atom. The van der Waals surface area contributed by atoms with Crippen LogP contribution in [-0.2, 0) is 9.53 Å². The number of hydrogen-bond donors (Lipinski definition) is 1. The van der Waals surface area contributed by atoms with Crippen LogP contribution in [0.3, 0.4) is 0 Å². The van der Waals surface area contributed by atoms with Crippen molar-refractivity contribution in [3.05, 3.63) is 17.3 Å². The Balaban J connectivity index is 2.14. The molecule has 2 rings (SSSR count). The second kappa shape index (κ2) is 4.77. The lowest BCUT2D eigenvalue weighted by atomic mass is 10.2. The maximum atomic E-state index is 12.1. The molecule has 1 aliphatic heterocycles. The zero-order valence-electron chi connectivity index (χ0n) is 10.2. The van der Waals surface area contributed by atoms with Crippen LogP contribution in [0.2, 0.25) is 0 Å². The number of aryl methyl sites for hydroxylation is 2. The number of nitrogens with zero attached hydrogens (tertiary/aromatic N) is 2. The number of amides is 1. The lowest BCUT2D eigenvalue weighted by molar-refractivity contribution is -0.154. The topological polar surface area (TPSA) is 92.9 Å². The first-order chi connectivity index (χ1) is 8.49. The Labute approximate surface area is 103 Å². The van der Waals surface area contributed by atoms with Crippen LogP contribution in [0.1, 0.15) is 22.1 Å². The molecule has 0 spiro atoms. The molecule has 1 fully saturated rings. The first-order valence-corrected chi connectivity index (χ1v) is 5.56. The molecule has 1 aliphatic rings. The summed E-state index contributed by atoms with van der Waals surface area (Å²) < 4.78 is 10.3. The van der Waals surface area contributed by atoms with Crippen molar-refractivity contribution in [3.63, 3.8) is 0 Å². The number of ether oxygens (including phenoxy) is 1. The smallest absolute Gasteiger partial charge is 0.334 e. The molecule has 0 aliphatic carbocycles. The molecule has 0 saturated carbocycles. The van der Waals surface area contributed by atoms with E-state index < -0.39 is 12.1 Å². The molecule has 1 atom stereocenters. The molecule has 18 heavy (non-hydrogen) atoms. The Morgan fingerprint density at radius 1 is 1.44 bits per heavy atom. The van der Waals surface area contributed by atoms with Gasteiger partial charge in [-0.2, -0.15) is 0 Å². The van der Waals surface area contributed by atoms with Gasteiger partial charge in [-0.1, -0.05) is 0 Å². The van der Waals surface area contributed by atoms with Crippen LogP contribution in [0, 0.1) is 13.8 Å². The van der Waals surface area contributed by atoms with Gasteiger partial charge in [0.2, 0.25) is 5.76 Å². The van der Waals surface area contributed by atoms with Crippen LogP contribution in [0.15, 0.2) is 4.42 Å². The highest BCUT2D eigenvalue weighted by atomic mass is 16.5. The molecule has 1 aromatic rings. The van der Waals surface area contributed by atoms with Crippen LogP contribution >= 0.6 is 0 Å². The fraction of sp³-hybridized carbons (Fsp3) is 0.545. The number of aliphatic carboxylic acids is 1. The van der Waals surface area contributed by atoms with Crippen molar-refractivity contribution in [1.82, 2.24) is 9.88 Å². The normalized spacial score (nSPS) is 19.9. The predicted octanol–water partition coefficient (Wildman–Crippen LogP) is 0.217. The second-order valence-electron chi connectivity index (χ2n) is 4.10. The minimum absolute atomic E-state index is 0.0212. The molecule has 0 aromatic carbocycles. The van der Waals surface area contributed by atoms with Crippen molar-refractivity contribution in [2.24, 2.45) is 0 Å². The Morgan fingerprint density at radius 2 is 2.17 bits per heavy atom. The monoisotopic (exact) mass is 254 g/mol. The molecule has 1 saturated heterocycles. The first-order valence-electron chi connectivity index (χ1n) is 5.56. The van der Waals surface area contributed by atoms with Crippen molar-refractivity contribution >= 4 is 11.9 Å².